The van der Waals surface area contributed by atoms with Gasteiger partial charge in [-0.2, -0.15) is 0 Å². The third-order valence-corrected chi connectivity index (χ3v) is 5.01. The van der Waals surface area contributed by atoms with Crippen molar-refractivity contribution in [2.45, 2.75) is 38.1 Å². The first-order valence-corrected chi connectivity index (χ1v) is 7.57. The average molecular weight is 280 g/mol. The Morgan fingerprint density at radius 3 is 2.67 bits per heavy atom. The molecule has 3 heteroatoms. The number of benzene rings is 1. The van der Waals surface area contributed by atoms with Crippen LogP contribution in [0, 0.1) is 11.8 Å². The van der Waals surface area contributed by atoms with Crippen LogP contribution in [-0.4, -0.2) is 11.0 Å². The van der Waals surface area contributed by atoms with Gasteiger partial charge in [-0.25, -0.2) is 0 Å². The van der Waals surface area contributed by atoms with Gasteiger partial charge in [0, 0.05) is 16.6 Å². The van der Waals surface area contributed by atoms with Gasteiger partial charge in [-0.15, -0.1) is 0 Å². The molecular weight excluding hydrogens is 262 g/mol. The minimum atomic E-state index is 0.598. The molecule has 0 saturated heterocycles. The molecule has 0 spiro atoms. The average Bonchev–Trinajstić information content (AvgIpc) is 2.64. The number of hydrogen-bond donors (Lipinski definition) is 1. The van der Waals surface area contributed by atoms with E-state index in [4.69, 9.17) is 23.8 Å². The molecule has 0 aliphatic heterocycles. The van der Waals surface area contributed by atoms with Crippen LogP contribution in [0.2, 0.25) is 5.02 Å². The van der Waals surface area contributed by atoms with Gasteiger partial charge in [-0.1, -0.05) is 48.8 Å². The molecule has 2 aliphatic carbocycles. The summed E-state index contributed by atoms with van der Waals surface area (Å²) in [5.74, 6) is 1.78. The Bertz CT molecular complexity index is 442. The summed E-state index contributed by atoms with van der Waals surface area (Å²) in [6.45, 7) is 0. The molecule has 3 rings (SSSR count). The third-order valence-electron chi connectivity index (χ3n) is 4.40. The third kappa shape index (κ3) is 2.55. The Morgan fingerprint density at radius 1 is 1.17 bits per heavy atom. The van der Waals surface area contributed by atoms with Crippen molar-refractivity contribution in [3.05, 3.63) is 34.9 Å². The maximum atomic E-state index is 5.90. The zero-order valence-electron chi connectivity index (χ0n) is 10.4. The molecule has 0 aromatic heterocycles. The van der Waals surface area contributed by atoms with Gasteiger partial charge in [-0.05, 0) is 43.2 Å². The van der Waals surface area contributed by atoms with Crippen LogP contribution in [0.1, 0.15) is 37.7 Å². The fourth-order valence-corrected chi connectivity index (χ4v) is 3.91. The Morgan fingerprint density at radius 2 is 1.94 bits per heavy atom. The largest absolute Gasteiger partial charge is 0.373 e. The van der Waals surface area contributed by atoms with Crippen molar-refractivity contribution in [3.8, 4) is 0 Å². The van der Waals surface area contributed by atoms with Crippen molar-refractivity contribution in [3.63, 3.8) is 0 Å². The van der Waals surface area contributed by atoms with Gasteiger partial charge in [0.05, 0.1) is 0 Å². The van der Waals surface area contributed by atoms with Crippen molar-refractivity contribution in [2.75, 3.05) is 0 Å². The van der Waals surface area contributed by atoms with Gasteiger partial charge in [0.25, 0.3) is 0 Å². The lowest BCUT2D eigenvalue weighted by Gasteiger charge is -2.23. The van der Waals surface area contributed by atoms with Crippen molar-refractivity contribution in [1.29, 1.82) is 0 Å². The quantitative estimate of drug-likeness (QED) is 0.815. The van der Waals surface area contributed by atoms with Crippen molar-refractivity contribution in [2.24, 2.45) is 11.8 Å². The SMILES string of the molecule is S=C(NC1CC2CCCC1C2)c1ccc(Cl)cc1. The summed E-state index contributed by atoms with van der Waals surface area (Å²) in [5, 5.41) is 4.34. The van der Waals surface area contributed by atoms with Gasteiger partial charge in [-0.3, -0.25) is 0 Å². The summed E-state index contributed by atoms with van der Waals surface area (Å²) in [4.78, 5) is 0.879. The summed E-state index contributed by atoms with van der Waals surface area (Å²) in [7, 11) is 0. The zero-order chi connectivity index (χ0) is 12.5. The Hall–Kier alpha value is -0.600. The highest BCUT2D eigenvalue weighted by molar-refractivity contribution is 7.80. The van der Waals surface area contributed by atoms with E-state index in [0.29, 0.717) is 6.04 Å². The van der Waals surface area contributed by atoms with Crippen LogP contribution < -0.4 is 5.32 Å². The molecule has 0 amide bonds. The topological polar surface area (TPSA) is 12.0 Å². The molecule has 1 N–H and O–H groups in total. The molecule has 2 fully saturated rings. The molecule has 1 nitrogen and oxygen atoms in total. The van der Waals surface area contributed by atoms with E-state index in [-0.39, 0.29) is 0 Å². The molecule has 1 aromatic rings. The monoisotopic (exact) mass is 279 g/mol. The van der Waals surface area contributed by atoms with E-state index in [1.165, 1.54) is 32.1 Å². The smallest absolute Gasteiger partial charge is 0.106 e. The molecule has 0 heterocycles. The van der Waals surface area contributed by atoms with Crippen LogP contribution in [0.5, 0.6) is 0 Å². The van der Waals surface area contributed by atoms with Crippen LogP contribution in [-0.2, 0) is 0 Å². The lowest BCUT2D eigenvalue weighted by atomic mass is 9.89. The first-order valence-electron chi connectivity index (χ1n) is 6.79. The van der Waals surface area contributed by atoms with E-state index in [2.05, 4.69) is 5.32 Å². The fourth-order valence-electron chi connectivity index (χ4n) is 3.49. The van der Waals surface area contributed by atoms with E-state index >= 15 is 0 Å². The first-order chi connectivity index (χ1) is 8.72. The van der Waals surface area contributed by atoms with E-state index in [0.717, 1.165) is 27.4 Å². The van der Waals surface area contributed by atoms with E-state index in [1.54, 1.807) is 0 Å². The molecule has 2 saturated carbocycles. The Balaban J connectivity index is 1.66. The van der Waals surface area contributed by atoms with Crippen molar-refractivity contribution < 1.29 is 0 Å². The van der Waals surface area contributed by atoms with Gasteiger partial charge in [0.1, 0.15) is 4.99 Å². The van der Waals surface area contributed by atoms with E-state index < -0.39 is 0 Å². The molecule has 1 aromatic carbocycles. The second kappa shape index (κ2) is 5.18. The molecule has 2 bridgehead atoms. The predicted molar refractivity (Wildman–Crippen MR) is 80.1 cm³/mol. The molecule has 3 unspecified atom stereocenters. The minimum Gasteiger partial charge on any atom is -0.373 e. The molecule has 96 valence electrons. The number of fused-ring (bicyclic) bond motifs is 2. The molecular formula is C15H18ClNS. The number of thiocarbonyl (C=S) groups is 1. The highest BCUT2D eigenvalue weighted by Crippen LogP contribution is 2.42. The lowest BCUT2D eigenvalue weighted by Crippen LogP contribution is -2.36. The molecule has 0 radical (unpaired) electrons. The summed E-state index contributed by atoms with van der Waals surface area (Å²) in [6, 6.07) is 8.40. The van der Waals surface area contributed by atoms with Crippen LogP contribution in [0.3, 0.4) is 0 Å². The van der Waals surface area contributed by atoms with E-state index in [1.807, 2.05) is 24.3 Å². The molecule has 3 atom stereocenters. The Kier molecular flexibility index (Phi) is 3.58. The highest BCUT2D eigenvalue weighted by Gasteiger charge is 2.37. The second-order valence-electron chi connectivity index (χ2n) is 5.62. The lowest BCUT2D eigenvalue weighted by molar-refractivity contribution is 0.345. The number of hydrogen-bond acceptors (Lipinski definition) is 1. The zero-order valence-corrected chi connectivity index (χ0v) is 11.9. The number of rotatable bonds is 2. The number of halogens is 1. The second-order valence-corrected chi connectivity index (χ2v) is 6.46. The summed E-state index contributed by atoms with van der Waals surface area (Å²) >= 11 is 11.4. The summed E-state index contributed by atoms with van der Waals surface area (Å²) in [5.41, 5.74) is 1.08. The van der Waals surface area contributed by atoms with E-state index in [9.17, 15) is 0 Å². The first kappa shape index (κ1) is 12.4. The van der Waals surface area contributed by atoms with Gasteiger partial charge in [0.2, 0.25) is 0 Å². The van der Waals surface area contributed by atoms with Crippen molar-refractivity contribution in [1.82, 2.24) is 5.32 Å². The van der Waals surface area contributed by atoms with Crippen LogP contribution in [0.15, 0.2) is 24.3 Å². The molecule has 18 heavy (non-hydrogen) atoms. The molecule has 2 aliphatic rings. The van der Waals surface area contributed by atoms with Gasteiger partial charge >= 0.3 is 0 Å². The summed E-state index contributed by atoms with van der Waals surface area (Å²) < 4.78 is 0. The highest BCUT2D eigenvalue weighted by atomic mass is 35.5. The maximum Gasteiger partial charge on any atom is 0.106 e. The minimum absolute atomic E-state index is 0.598. The van der Waals surface area contributed by atoms with Crippen LogP contribution in [0.25, 0.3) is 0 Å². The Labute approximate surface area is 119 Å². The van der Waals surface area contributed by atoms with Crippen LogP contribution >= 0.6 is 23.8 Å². The normalized spacial score (nSPS) is 30.2. The standard InChI is InChI=1S/C15H18ClNS/c16-13-6-4-11(5-7-13)15(18)17-14-9-10-2-1-3-12(14)8-10/h4-7,10,12,14H,1-3,8-9H2,(H,17,18). The predicted octanol–water partition coefficient (Wildman–Crippen LogP) is 4.18. The van der Waals surface area contributed by atoms with Crippen molar-refractivity contribution >= 4 is 28.8 Å². The fraction of sp³-hybridized carbons (Fsp3) is 0.533. The maximum absolute atomic E-state index is 5.90. The summed E-state index contributed by atoms with van der Waals surface area (Å²) in [6.07, 6.45) is 6.90. The van der Waals surface area contributed by atoms with Gasteiger partial charge < -0.3 is 5.32 Å². The van der Waals surface area contributed by atoms with Gasteiger partial charge in [0.15, 0.2) is 0 Å². The van der Waals surface area contributed by atoms with Crippen LogP contribution in [0.4, 0.5) is 0 Å². The number of nitrogens with one attached hydrogen (secondary N) is 1.